The fraction of sp³-hybridized carbons (Fsp3) is 0.500. The van der Waals surface area contributed by atoms with Crippen LogP contribution in [0.15, 0.2) is 57.9 Å². The van der Waals surface area contributed by atoms with Gasteiger partial charge in [0.1, 0.15) is 18.0 Å². The summed E-state index contributed by atoms with van der Waals surface area (Å²) in [6, 6.07) is 18.6. The van der Waals surface area contributed by atoms with Gasteiger partial charge in [0.2, 0.25) is 0 Å². The standard InChI is InChI=1S/C44H60N5O6P/c1-10-46-39-29-41-38(27-34(39)8)42(37-26-32(6)33(7)28-40(37)55-41)35-18-13-14-19-36(35)43(50)48(9)22-25-52-44(51)47-21-15-11-12-16-23-53-56(54-24-17-20-45)49(30(2)3)31(4)5/h13-14,18-19,26-31H,10-12,15-17,21-25H2,1-9H3,(H,47,51)/b46-39+. The van der Waals surface area contributed by atoms with Gasteiger partial charge in [-0.25, -0.2) is 9.46 Å². The Kier molecular flexibility index (Phi) is 17.3. The topological polar surface area (TPSA) is 130 Å². The number of nitrogens with zero attached hydrogens (tertiary/aromatic N) is 4. The molecule has 0 fully saturated rings. The maximum absolute atomic E-state index is 14.0. The Morgan fingerprint density at radius 3 is 2.30 bits per heavy atom. The molecule has 1 aliphatic heterocycles. The van der Waals surface area contributed by atoms with Gasteiger partial charge < -0.3 is 28.4 Å². The first-order chi connectivity index (χ1) is 26.9. The van der Waals surface area contributed by atoms with E-state index in [4.69, 9.17) is 23.5 Å². The van der Waals surface area contributed by atoms with Crippen LogP contribution in [0.2, 0.25) is 0 Å². The van der Waals surface area contributed by atoms with Crippen molar-refractivity contribution in [3.63, 3.8) is 0 Å². The molecule has 12 heteroatoms. The predicted octanol–water partition coefficient (Wildman–Crippen LogP) is 9.70. The Bertz CT molecular complexity index is 2000. The number of fused-ring (bicyclic) bond motifs is 2. The molecule has 4 rings (SSSR count). The smallest absolute Gasteiger partial charge is 0.407 e. The molecule has 1 N–H and O–H groups in total. The minimum atomic E-state index is -1.23. The highest BCUT2D eigenvalue weighted by Gasteiger charge is 2.27. The number of unbranched alkanes of at least 4 members (excludes halogenated alkanes) is 3. The van der Waals surface area contributed by atoms with Gasteiger partial charge in [-0.2, -0.15) is 5.26 Å². The third-order valence-electron chi connectivity index (χ3n) is 9.62. The van der Waals surface area contributed by atoms with E-state index >= 15 is 0 Å². The largest absolute Gasteiger partial charge is 0.456 e. The van der Waals surface area contributed by atoms with Crippen LogP contribution >= 0.6 is 8.53 Å². The molecular weight excluding hydrogens is 725 g/mol. The first-order valence-electron chi connectivity index (χ1n) is 19.8. The second-order valence-corrected chi connectivity index (χ2v) is 16.1. The number of nitriles is 1. The number of likely N-dealkylation sites (N-methyl/N-ethyl adjacent to an activating group) is 1. The van der Waals surface area contributed by atoms with Crippen LogP contribution in [0, 0.1) is 32.1 Å². The average molecular weight is 786 g/mol. The summed E-state index contributed by atoms with van der Waals surface area (Å²) < 4.78 is 26.3. The van der Waals surface area contributed by atoms with Crippen molar-refractivity contribution in [1.82, 2.24) is 14.9 Å². The Morgan fingerprint density at radius 1 is 0.893 bits per heavy atom. The second-order valence-electron chi connectivity index (χ2n) is 14.6. The van der Waals surface area contributed by atoms with Gasteiger partial charge in [0, 0.05) is 60.4 Å². The van der Waals surface area contributed by atoms with Gasteiger partial charge in [0.25, 0.3) is 14.4 Å². The van der Waals surface area contributed by atoms with Crippen LogP contribution in [-0.4, -0.2) is 80.2 Å². The molecule has 1 aliphatic carbocycles. The Labute approximate surface area is 334 Å². The molecule has 0 saturated carbocycles. The van der Waals surface area contributed by atoms with Crippen molar-refractivity contribution in [1.29, 1.82) is 5.26 Å². The number of hydrogen-bond donors (Lipinski definition) is 1. The maximum atomic E-state index is 14.0. The summed E-state index contributed by atoms with van der Waals surface area (Å²) in [5.74, 6) is 0.539. The van der Waals surface area contributed by atoms with Crippen molar-refractivity contribution in [3.05, 3.63) is 76.1 Å². The fourth-order valence-corrected chi connectivity index (χ4v) is 8.30. The first kappa shape index (κ1) is 44.4. The number of alkyl carbamates (subject to hydrolysis) is 1. The van der Waals surface area contributed by atoms with Crippen molar-refractivity contribution in [3.8, 4) is 28.5 Å². The highest BCUT2D eigenvalue weighted by atomic mass is 31.2. The summed E-state index contributed by atoms with van der Waals surface area (Å²) >= 11 is 0. The van der Waals surface area contributed by atoms with Crippen LogP contribution in [0.3, 0.4) is 0 Å². The third kappa shape index (κ3) is 11.8. The molecule has 0 radical (unpaired) electrons. The Morgan fingerprint density at radius 2 is 1.59 bits per heavy atom. The molecule has 2 aliphatic rings. The van der Waals surface area contributed by atoms with Gasteiger partial charge in [-0.1, -0.05) is 31.0 Å². The molecule has 1 atom stereocenters. The van der Waals surface area contributed by atoms with E-state index in [0.717, 1.165) is 75.4 Å². The van der Waals surface area contributed by atoms with Gasteiger partial charge in [-0.3, -0.25) is 9.79 Å². The van der Waals surface area contributed by atoms with E-state index in [1.165, 1.54) is 0 Å². The van der Waals surface area contributed by atoms with E-state index in [9.17, 15) is 9.59 Å². The summed E-state index contributed by atoms with van der Waals surface area (Å²) in [5, 5.41) is 13.5. The van der Waals surface area contributed by atoms with Crippen LogP contribution in [0.5, 0.6) is 0 Å². The summed E-state index contributed by atoms with van der Waals surface area (Å²) in [4.78, 5) is 32.8. The lowest BCUT2D eigenvalue weighted by Crippen LogP contribution is -2.33. The van der Waals surface area contributed by atoms with Crippen LogP contribution in [0.1, 0.15) is 93.8 Å². The quantitative estimate of drug-likeness (QED) is 0.0533. The molecule has 2 amide bonds. The number of nitrogens with one attached hydrogen (secondary N) is 1. The number of ether oxygens (including phenoxy) is 1. The number of hydrogen-bond acceptors (Lipinski definition) is 9. The zero-order valence-corrected chi connectivity index (χ0v) is 35.6. The number of rotatable bonds is 20. The minimum absolute atomic E-state index is 0.0637. The molecule has 1 unspecified atom stereocenters. The Hall–Kier alpha value is -4.33. The van der Waals surface area contributed by atoms with Gasteiger partial charge >= 0.3 is 6.09 Å². The molecule has 2 aromatic rings. The average Bonchev–Trinajstić information content (AvgIpc) is 3.15. The molecule has 56 heavy (non-hydrogen) atoms. The van der Waals surface area contributed by atoms with E-state index in [-0.39, 0.29) is 31.1 Å². The number of amides is 2. The predicted molar refractivity (Wildman–Crippen MR) is 225 cm³/mol. The van der Waals surface area contributed by atoms with Crippen LogP contribution < -0.4 is 10.7 Å². The molecule has 2 aromatic carbocycles. The molecule has 1 heterocycles. The van der Waals surface area contributed by atoms with E-state index in [1.807, 2.05) is 44.2 Å². The zero-order valence-electron chi connectivity index (χ0n) is 34.7. The fourth-order valence-electron chi connectivity index (χ4n) is 6.67. The summed E-state index contributed by atoms with van der Waals surface area (Å²) in [6.07, 6.45) is 3.40. The molecule has 0 spiro atoms. The van der Waals surface area contributed by atoms with Gasteiger partial charge in [-0.05, 0) is 115 Å². The number of benzene rings is 3. The first-order valence-corrected chi connectivity index (χ1v) is 21.0. The lowest BCUT2D eigenvalue weighted by Gasteiger charge is -2.35. The monoisotopic (exact) mass is 785 g/mol. The molecule has 11 nitrogen and oxygen atoms in total. The van der Waals surface area contributed by atoms with Crippen LogP contribution in [0.25, 0.3) is 33.4 Å². The molecule has 0 aromatic heterocycles. The zero-order chi connectivity index (χ0) is 40.8. The number of carbonyl (C=O) groups is 2. The van der Waals surface area contributed by atoms with Crippen molar-refractivity contribution >= 4 is 31.5 Å². The van der Waals surface area contributed by atoms with Crippen molar-refractivity contribution in [2.24, 2.45) is 4.99 Å². The lowest BCUT2D eigenvalue weighted by molar-refractivity contribution is 0.0745. The molecule has 302 valence electrons. The van der Waals surface area contributed by atoms with Crippen LogP contribution in [-0.2, 0) is 13.8 Å². The number of carbonyl (C=O) groups excluding carboxylic acids is 2. The highest BCUT2D eigenvalue weighted by Crippen LogP contribution is 2.46. The maximum Gasteiger partial charge on any atom is 0.407 e. The van der Waals surface area contributed by atoms with Gasteiger partial charge in [0.05, 0.1) is 37.6 Å². The Balaban J connectivity index is 1.31. The SMILES string of the molecule is CC/N=c1\cc2oc3cc(C)c(C)cc3c(-c3ccccc3C(=O)N(C)CCOC(=O)NCCCCCCOP(OCCC#N)N(C(C)C)C(C)C)c-2cc1C. The van der Waals surface area contributed by atoms with E-state index in [0.29, 0.717) is 44.0 Å². The third-order valence-corrected chi connectivity index (χ3v) is 11.7. The van der Waals surface area contributed by atoms with E-state index < -0.39 is 14.6 Å². The number of aryl methyl sites for hydroxylation is 3. The second kappa shape index (κ2) is 21.8. The normalized spacial score (nSPS) is 12.5. The van der Waals surface area contributed by atoms with Crippen molar-refractivity contribution in [2.75, 3.05) is 46.5 Å². The van der Waals surface area contributed by atoms with Gasteiger partial charge in [-0.15, -0.1) is 0 Å². The van der Waals surface area contributed by atoms with E-state index in [2.05, 4.69) is 80.8 Å². The molecular formula is C44H60N5O6P. The molecule has 0 bridgehead atoms. The summed E-state index contributed by atoms with van der Waals surface area (Å²) in [6.45, 7) is 19.1. The highest BCUT2D eigenvalue weighted by molar-refractivity contribution is 7.44. The van der Waals surface area contributed by atoms with Gasteiger partial charge in [0.15, 0.2) is 0 Å². The summed E-state index contributed by atoms with van der Waals surface area (Å²) in [7, 11) is 0.491. The minimum Gasteiger partial charge on any atom is -0.456 e. The lowest BCUT2D eigenvalue weighted by atomic mass is 9.88. The van der Waals surface area contributed by atoms with E-state index in [1.54, 1.807) is 11.9 Å². The van der Waals surface area contributed by atoms with Crippen LogP contribution in [0.4, 0.5) is 4.79 Å². The van der Waals surface area contributed by atoms with Crippen molar-refractivity contribution in [2.45, 2.75) is 99.6 Å². The van der Waals surface area contributed by atoms with Crippen molar-refractivity contribution < 1.29 is 27.8 Å². The summed E-state index contributed by atoms with van der Waals surface area (Å²) in [5.41, 5.74) is 7.24. The molecule has 0 saturated heterocycles.